The number of carbonyl (C=O) groups excluding carboxylic acids is 1. The molecule has 172 valence electrons. The molecule has 0 spiro atoms. The maximum Gasteiger partial charge on any atom is 0.261 e. The Morgan fingerprint density at radius 3 is 2.55 bits per heavy atom. The van der Waals surface area contributed by atoms with Gasteiger partial charge in [-0.05, 0) is 56.0 Å². The second-order valence-electron chi connectivity index (χ2n) is 8.98. The topological polar surface area (TPSA) is 98.1 Å². The van der Waals surface area contributed by atoms with Gasteiger partial charge in [-0.15, -0.1) is 0 Å². The normalized spacial score (nSPS) is 16.8. The molecular formula is C25H27N3O4S. The lowest BCUT2D eigenvalue weighted by Crippen LogP contribution is -2.25. The van der Waals surface area contributed by atoms with Gasteiger partial charge >= 0.3 is 0 Å². The molecule has 2 aliphatic rings. The van der Waals surface area contributed by atoms with Crippen molar-refractivity contribution in [3.05, 3.63) is 64.7 Å². The fourth-order valence-corrected chi connectivity index (χ4v) is 6.57. The molecule has 1 heterocycles. The summed E-state index contributed by atoms with van der Waals surface area (Å²) in [6.07, 6.45) is 5.65. The Morgan fingerprint density at radius 1 is 1.03 bits per heavy atom. The van der Waals surface area contributed by atoms with E-state index in [4.69, 9.17) is 0 Å². The van der Waals surface area contributed by atoms with Gasteiger partial charge in [0.15, 0.2) is 9.84 Å². The van der Waals surface area contributed by atoms with Crippen molar-refractivity contribution in [2.75, 3.05) is 5.32 Å². The third-order valence-electron chi connectivity index (χ3n) is 6.56. The average Bonchev–Trinajstić information content (AvgIpc) is 3.48. The van der Waals surface area contributed by atoms with Crippen molar-refractivity contribution in [1.29, 1.82) is 0 Å². The van der Waals surface area contributed by atoms with Crippen LogP contribution in [0.5, 0.6) is 0 Å². The lowest BCUT2D eigenvalue weighted by atomic mass is 10.2. The highest BCUT2D eigenvalue weighted by Gasteiger charge is 2.31. The van der Waals surface area contributed by atoms with E-state index in [0.29, 0.717) is 41.7 Å². The van der Waals surface area contributed by atoms with Crippen molar-refractivity contribution in [1.82, 2.24) is 9.55 Å². The summed E-state index contributed by atoms with van der Waals surface area (Å²) < 4.78 is 27.5. The largest absolute Gasteiger partial charge is 0.326 e. The second-order valence-corrected chi connectivity index (χ2v) is 11.2. The highest BCUT2D eigenvalue weighted by molar-refractivity contribution is 7.92. The lowest BCUT2D eigenvalue weighted by Gasteiger charge is -2.14. The van der Waals surface area contributed by atoms with E-state index in [0.717, 1.165) is 25.7 Å². The van der Waals surface area contributed by atoms with Gasteiger partial charge in [-0.3, -0.25) is 14.2 Å². The first-order valence-corrected chi connectivity index (χ1v) is 13.1. The van der Waals surface area contributed by atoms with Gasteiger partial charge in [0.25, 0.3) is 5.56 Å². The molecule has 0 radical (unpaired) electrons. The zero-order valence-electron chi connectivity index (χ0n) is 18.4. The number of amides is 1. The number of fused-ring (bicyclic) bond motifs is 1. The Labute approximate surface area is 192 Å². The number of benzene rings is 2. The zero-order chi connectivity index (χ0) is 23.0. The minimum absolute atomic E-state index is 0.0525. The van der Waals surface area contributed by atoms with Crippen molar-refractivity contribution in [3.8, 4) is 0 Å². The first kappa shape index (κ1) is 21.8. The summed E-state index contributed by atoms with van der Waals surface area (Å²) in [6.45, 7) is 0. The fourth-order valence-electron chi connectivity index (χ4n) is 4.67. The van der Waals surface area contributed by atoms with Crippen LogP contribution in [0, 0.1) is 0 Å². The molecule has 0 bridgehead atoms. The van der Waals surface area contributed by atoms with Crippen molar-refractivity contribution in [2.24, 2.45) is 0 Å². The summed E-state index contributed by atoms with van der Waals surface area (Å²) in [4.78, 5) is 30.6. The first-order valence-electron chi connectivity index (χ1n) is 11.6. The number of anilines is 1. The van der Waals surface area contributed by atoms with E-state index < -0.39 is 9.84 Å². The van der Waals surface area contributed by atoms with E-state index in [9.17, 15) is 18.0 Å². The number of carbonyl (C=O) groups is 1. The zero-order valence-corrected chi connectivity index (χ0v) is 19.2. The Hall–Kier alpha value is -3.00. The smallest absolute Gasteiger partial charge is 0.261 e. The molecule has 5 rings (SSSR count). The Balaban J connectivity index is 1.31. The molecule has 2 fully saturated rings. The van der Waals surface area contributed by atoms with E-state index in [2.05, 4.69) is 10.3 Å². The van der Waals surface area contributed by atoms with Crippen LogP contribution in [0.15, 0.2) is 58.2 Å². The molecule has 7 nitrogen and oxygen atoms in total. The number of aromatic nitrogens is 2. The molecule has 2 aromatic carbocycles. The van der Waals surface area contributed by atoms with Gasteiger partial charge < -0.3 is 5.32 Å². The van der Waals surface area contributed by atoms with Gasteiger partial charge in [0, 0.05) is 24.6 Å². The molecule has 1 aromatic heterocycles. The molecule has 33 heavy (non-hydrogen) atoms. The van der Waals surface area contributed by atoms with Crippen LogP contribution in [-0.4, -0.2) is 29.1 Å². The quantitative estimate of drug-likeness (QED) is 0.568. The van der Waals surface area contributed by atoms with Crippen LogP contribution in [0.2, 0.25) is 0 Å². The molecule has 0 saturated heterocycles. The fraction of sp³-hybridized carbons (Fsp3) is 0.400. The van der Waals surface area contributed by atoms with Gasteiger partial charge in [-0.2, -0.15) is 0 Å². The van der Waals surface area contributed by atoms with Gasteiger partial charge in [0.2, 0.25) is 5.91 Å². The molecule has 2 aliphatic carbocycles. The highest BCUT2D eigenvalue weighted by atomic mass is 32.2. The third kappa shape index (κ3) is 4.44. The number of rotatable bonds is 7. The molecule has 0 atom stereocenters. The van der Waals surface area contributed by atoms with Crippen LogP contribution in [0.3, 0.4) is 0 Å². The van der Waals surface area contributed by atoms with E-state index >= 15 is 0 Å². The first-order chi connectivity index (χ1) is 15.9. The SMILES string of the molecule is O=C(CCc1nc2ccccc2c(=O)n1C1CC1)Nc1cccc(S(=O)(=O)C2CCCC2)c1. The summed E-state index contributed by atoms with van der Waals surface area (Å²) in [6, 6.07) is 13.9. The number of nitrogens with one attached hydrogen (secondary N) is 1. The number of hydrogen-bond acceptors (Lipinski definition) is 5. The summed E-state index contributed by atoms with van der Waals surface area (Å²) in [7, 11) is -3.39. The summed E-state index contributed by atoms with van der Waals surface area (Å²) in [5, 5.41) is 3.08. The maximum atomic E-state index is 13.0. The van der Waals surface area contributed by atoms with Crippen LogP contribution in [0.25, 0.3) is 10.9 Å². The second kappa shape index (κ2) is 8.74. The third-order valence-corrected chi connectivity index (χ3v) is 8.82. The molecule has 2 saturated carbocycles. The number of hydrogen-bond donors (Lipinski definition) is 1. The van der Waals surface area contributed by atoms with Crippen LogP contribution in [0.1, 0.15) is 56.8 Å². The minimum atomic E-state index is -3.39. The Morgan fingerprint density at radius 2 is 1.79 bits per heavy atom. The van der Waals surface area contributed by atoms with Gasteiger partial charge in [-0.25, -0.2) is 13.4 Å². The standard InChI is InChI=1S/C25H27N3O4S/c29-24(26-17-6-5-9-20(16-17)33(31,32)19-7-1-2-8-19)15-14-23-27-22-11-4-3-10-21(22)25(30)28(23)18-12-13-18/h3-6,9-11,16,18-19H,1-2,7-8,12-15H2,(H,26,29). The molecule has 0 aliphatic heterocycles. The van der Waals surface area contributed by atoms with Crippen LogP contribution < -0.4 is 10.9 Å². The molecule has 1 amide bonds. The lowest BCUT2D eigenvalue weighted by molar-refractivity contribution is -0.116. The minimum Gasteiger partial charge on any atom is -0.326 e. The van der Waals surface area contributed by atoms with Crippen LogP contribution >= 0.6 is 0 Å². The van der Waals surface area contributed by atoms with E-state index in [1.54, 1.807) is 34.9 Å². The Bertz CT molecular complexity index is 1370. The Kier molecular flexibility index (Phi) is 5.78. The van der Waals surface area contributed by atoms with Gasteiger partial charge in [0.1, 0.15) is 5.82 Å². The number of aryl methyl sites for hydroxylation is 1. The molecule has 8 heteroatoms. The molecular weight excluding hydrogens is 438 g/mol. The van der Waals surface area contributed by atoms with Gasteiger partial charge in [-0.1, -0.05) is 31.0 Å². The molecule has 3 aromatic rings. The maximum absolute atomic E-state index is 13.0. The van der Waals surface area contributed by atoms with Crippen molar-refractivity contribution in [3.63, 3.8) is 0 Å². The molecule has 0 unspecified atom stereocenters. The van der Waals surface area contributed by atoms with Crippen molar-refractivity contribution in [2.45, 2.75) is 67.6 Å². The number of sulfone groups is 1. The van der Waals surface area contributed by atoms with E-state index in [1.807, 2.05) is 18.2 Å². The molecule has 1 N–H and O–H groups in total. The monoisotopic (exact) mass is 465 g/mol. The van der Waals surface area contributed by atoms with E-state index in [1.165, 1.54) is 0 Å². The average molecular weight is 466 g/mol. The van der Waals surface area contributed by atoms with Crippen LogP contribution in [0.4, 0.5) is 5.69 Å². The summed E-state index contributed by atoms with van der Waals surface area (Å²) in [5.74, 6) is 0.379. The number of nitrogens with zero attached hydrogens (tertiary/aromatic N) is 2. The highest BCUT2D eigenvalue weighted by Crippen LogP contribution is 2.35. The summed E-state index contributed by atoms with van der Waals surface area (Å²) >= 11 is 0. The predicted molar refractivity (Wildman–Crippen MR) is 127 cm³/mol. The predicted octanol–water partition coefficient (Wildman–Crippen LogP) is 4.02. The van der Waals surface area contributed by atoms with Crippen LogP contribution in [-0.2, 0) is 21.1 Å². The van der Waals surface area contributed by atoms with E-state index in [-0.39, 0.29) is 34.1 Å². The van der Waals surface area contributed by atoms with Gasteiger partial charge in [0.05, 0.1) is 21.0 Å². The van der Waals surface area contributed by atoms with Crippen molar-refractivity contribution < 1.29 is 13.2 Å². The number of para-hydroxylation sites is 1. The van der Waals surface area contributed by atoms with Crippen molar-refractivity contribution >= 4 is 32.3 Å². The summed E-state index contributed by atoms with van der Waals surface area (Å²) in [5.41, 5.74) is 1.05.